The summed E-state index contributed by atoms with van der Waals surface area (Å²) in [4.78, 5) is 13.4. The topological polar surface area (TPSA) is 109 Å². The number of aromatic nitrogens is 2. The average molecular weight is 417 g/mol. The summed E-state index contributed by atoms with van der Waals surface area (Å²) in [6, 6.07) is 8.76. The van der Waals surface area contributed by atoms with Crippen LogP contribution in [0.5, 0.6) is 0 Å². The van der Waals surface area contributed by atoms with Crippen LogP contribution in [0.15, 0.2) is 24.3 Å². The Balaban J connectivity index is 1.64. The molecule has 154 valence electrons. The third kappa shape index (κ3) is 5.02. The van der Waals surface area contributed by atoms with Crippen LogP contribution in [0.3, 0.4) is 0 Å². The van der Waals surface area contributed by atoms with E-state index < -0.39 is 9.84 Å². The van der Waals surface area contributed by atoms with Gasteiger partial charge in [0.15, 0.2) is 16.4 Å². The minimum Gasteiger partial charge on any atom is -0.326 e. The zero-order valence-electron chi connectivity index (χ0n) is 16.9. The van der Waals surface area contributed by atoms with Crippen molar-refractivity contribution in [1.29, 1.82) is 5.26 Å². The van der Waals surface area contributed by atoms with Gasteiger partial charge in [0.05, 0.1) is 47.5 Å². The Hall–Kier alpha value is -2.70. The molecule has 1 aliphatic heterocycles. The lowest BCUT2D eigenvalue weighted by Crippen LogP contribution is -3.08. The number of nitrogens with one attached hydrogen (secondary N) is 2. The zero-order valence-corrected chi connectivity index (χ0v) is 17.7. The summed E-state index contributed by atoms with van der Waals surface area (Å²) in [6.07, 6.45) is 0.594. The normalized spacial score (nSPS) is 18.9. The number of nitriles is 1. The molecule has 2 aromatic rings. The van der Waals surface area contributed by atoms with Crippen LogP contribution in [-0.2, 0) is 21.2 Å². The van der Waals surface area contributed by atoms with Gasteiger partial charge in [0.25, 0.3) is 5.91 Å². The molecule has 1 aliphatic rings. The third-order valence-corrected chi connectivity index (χ3v) is 7.00. The first-order valence-corrected chi connectivity index (χ1v) is 11.4. The van der Waals surface area contributed by atoms with Gasteiger partial charge in [-0.15, -0.1) is 0 Å². The van der Waals surface area contributed by atoms with Crippen molar-refractivity contribution in [3.05, 3.63) is 46.8 Å². The fraction of sp³-hybridized carbons (Fsp3) is 0.450. The first kappa shape index (κ1) is 21.0. The van der Waals surface area contributed by atoms with Crippen molar-refractivity contribution in [2.45, 2.75) is 32.9 Å². The van der Waals surface area contributed by atoms with Crippen molar-refractivity contribution in [3.8, 4) is 6.07 Å². The molecule has 1 aromatic carbocycles. The fourth-order valence-corrected chi connectivity index (χ4v) is 5.48. The van der Waals surface area contributed by atoms with E-state index >= 15 is 0 Å². The molecule has 8 nitrogen and oxygen atoms in total. The van der Waals surface area contributed by atoms with Crippen LogP contribution in [0.1, 0.15) is 35.0 Å². The van der Waals surface area contributed by atoms with Crippen molar-refractivity contribution < 1.29 is 18.1 Å². The highest BCUT2D eigenvalue weighted by Crippen LogP contribution is 2.26. The quantitative estimate of drug-likeness (QED) is 0.708. The van der Waals surface area contributed by atoms with Gasteiger partial charge >= 0.3 is 0 Å². The molecule has 2 heterocycles. The van der Waals surface area contributed by atoms with E-state index in [9.17, 15) is 13.2 Å². The molecule has 1 amide bonds. The van der Waals surface area contributed by atoms with Gasteiger partial charge in [0.1, 0.15) is 6.54 Å². The number of benzene rings is 1. The number of aryl methyl sites for hydroxylation is 1. The van der Waals surface area contributed by atoms with E-state index in [2.05, 4.69) is 16.5 Å². The molecule has 1 fully saturated rings. The molecular formula is C20H26N5O3S+. The number of anilines is 1. The fourth-order valence-electron chi connectivity index (χ4n) is 3.79. The number of hydrogen-bond acceptors (Lipinski definition) is 5. The number of sulfone groups is 1. The van der Waals surface area contributed by atoms with Crippen LogP contribution in [0.2, 0.25) is 0 Å². The first-order valence-electron chi connectivity index (χ1n) is 9.55. The molecule has 0 spiro atoms. The molecule has 9 heteroatoms. The van der Waals surface area contributed by atoms with E-state index in [0.717, 1.165) is 21.9 Å². The Labute approximate surface area is 171 Å². The molecule has 1 saturated heterocycles. The Morgan fingerprint density at radius 2 is 2.17 bits per heavy atom. The van der Waals surface area contributed by atoms with Gasteiger partial charge in [-0.3, -0.25) is 9.48 Å². The Kier molecular flexibility index (Phi) is 6.05. The Morgan fingerprint density at radius 1 is 1.41 bits per heavy atom. The number of carbonyl (C=O) groups excluding carboxylic acids is 1. The predicted molar refractivity (Wildman–Crippen MR) is 109 cm³/mol. The number of nitrogens with zero attached hydrogens (tertiary/aromatic N) is 3. The minimum absolute atomic E-state index is 0.108. The van der Waals surface area contributed by atoms with E-state index in [1.807, 2.05) is 25.6 Å². The van der Waals surface area contributed by atoms with E-state index in [4.69, 9.17) is 5.26 Å². The summed E-state index contributed by atoms with van der Waals surface area (Å²) in [5.74, 6) is 0.215. The summed E-state index contributed by atoms with van der Waals surface area (Å²) in [6.45, 7) is 4.76. The maximum Gasteiger partial charge on any atom is 0.279 e. The highest BCUT2D eigenvalue weighted by atomic mass is 32.2. The largest absolute Gasteiger partial charge is 0.326 e. The van der Waals surface area contributed by atoms with Crippen molar-refractivity contribution in [1.82, 2.24) is 9.78 Å². The molecule has 29 heavy (non-hydrogen) atoms. The molecule has 1 unspecified atom stereocenters. The molecule has 2 atom stereocenters. The molecule has 0 bridgehead atoms. The lowest BCUT2D eigenvalue weighted by molar-refractivity contribution is -0.885. The first-order chi connectivity index (χ1) is 13.7. The van der Waals surface area contributed by atoms with Crippen molar-refractivity contribution in [2.24, 2.45) is 0 Å². The number of hydrogen-bond donors (Lipinski definition) is 2. The zero-order chi connectivity index (χ0) is 21.2. The molecule has 2 N–H and O–H groups in total. The highest BCUT2D eigenvalue weighted by Gasteiger charge is 2.31. The predicted octanol–water partition coefficient (Wildman–Crippen LogP) is 0.385. The summed E-state index contributed by atoms with van der Waals surface area (Å²) in [5.41, 5.74) is 3.98. The summed E-state index contributed by atoms with van der Waals surface area (Å²) < 4.78 is 25.4. The van der Waals surface area contributed by atoms with Crippen LogP contribution in [0.25, 0.3) is 0 Å². The van der Waals surface area contributed by atoms with Gasteiger partial charge in [0.2, 0.25) is 0 Å². The average Bonchev–Trinajstić information content (AvgIpc) is 3.15. The van der Waals surface area contributed by atoms with Crippen molar-refractivity contribution >= 4 is 21.4 Å². The number of rotatable bonds is 6. The molecule has 0 saturated carbocycles. The van der Waals surface area contributed by atoms with Gasteiger partial charge in [0, 0.05) is 11.4 Å². The second-order valence-corrected chi connectivity index (χ2v) is 9.93. The molecule has 0 radical (unpaired) electrons. The molecular weight excluding hydrogens is 390 g/mol. The van der Waals surface area contributed by atoms with E-state index in [0.29, 0.717) is 24.2 Å². The van der Waals surface area contributed by atoms with Crippen LogP contribution in [0, 0.1) is 25.2 Å². The van der Waals surface area contributed by atoms with Crippen LogP contribution < -0.4 is 10.2 Å². The maximum absolute atomic E-state index is 12.4. The Morgan fingerprint density at radius 3 is 2.83 bits per heavy atom. The Bertz CT molecular complexity index is 1070. The van der Waals surface area contributed by atoms with Crippen LogP contribution in [-0.4, -0.2) is 49.2 Å². The second kappa shape index (κ2) is 8.35. The highest BCUT2D eigenvalue weighted by molar-refractivity contribution is 7.91. The second-order valence-electron chi connectivity index (χ2n) is 7.70. The lowest BCUT2D eigenvalue weighted by Gasteiger charge is -2.15. The summed E-state index contributed by atoms with van der Waals surface area (Å²) in [7, 11) is -1.04. The van der Waals surface area contributed by atoms with Crippen molar-refractivity contribution in [2.75, 3.05) is 30.4 Å². The van der Waals surface area contributed by atoms with E-state index in [1.165, 1.54) is 0 Å². The lowest BCUT2D eigenvalue weighted by atomic mass is 10.1. The number of likely N-dealkylation sites (N-methyl/N-ethyl adjacent to an activating group) is 1. The summed E-state index contributed by atoms with van der Waals surface area (Å²) >= 11 is 0. The van der Waals surface area contributed by atoms with Gasteiger partial charge in [-0.2, -0.15) is 10.4 Å². The monoisotopic (exact) mass is 416 g/mol. The van der Waals surface area contributed by atoms with E-state index in [-0.39, 0.29) is 30.0 Å². The standard InChI is InChI=1S/C20H25N5O3S/c1-14-19(15(2)25(23-14)18-7-8-29(27,28)13-18)11-24(3)12-20(26)22-17-6-4-5-16(9-17)10-21/h4-6,9,18H,7-8,11-13H2,1-3H3,(H,22,26)/p+1/t18-/m0/s1. The van der Waals surface area contributed by atoms with Crippen LogP contribution in [0.4, 0.5) is 5.69 Å². The molecule has 3 rings (SSSR count). The van der Waals surface area contributed by atoms with Crippen LogP contribution >= 0.6 is 0 Å². The number of carbonyl (C=O) groups is 1. The molecule has 1 aromatic heterocycles. The summed E-state index contributed by atoms with van der Waals surface area (Å²) in [5, 5.41) is 16.4. The third-order valence-electron chi connectivity index (χ3n) is 5.25. The van der Waals surface area contributed by atoms with Gasteiger partial charge in [-0.05, 0) is 38.5 Å². The number of amides is 1. The SMILES string of the molecule is Cc1nn([C@H]2CCS(=O)(=O)C2)c(C)c1C[NH+](C)CC(=O)Nc1cccc(C#N)c1. The molecule has 0 aliphatic carbocycles. The van der Waals surface area contributed by atoms with Gasteiger partial charge in [-0.25, -0.2) is 8.42 Å². The van der Waals surface area contributed by atoms with Crippen molar-refractivity contribution in [3.63, 3.8) is 0 Å². The van der Waals surface area contributed by atoms with E-state index in [1.54, 1.807) is 24.3 Å². The van der Waals surface area contributed by atoms with Gasteiger partial charge in [-0.1, -0.05) is 6.07 Å². The minimum atomic E-state index is -2.98. The smallest absolute Gasteiger partial charge is 0.279 e. The number of quaternary nitrogens is 1. The van der Waals surface area contributed by atoms with Gasteiger partial charge < -0.3 is 10.2 Å². The maximum atomic E-state index is 12.4.